The second kappa shape index (κ2) is 5.93. The Hall–Kier alpha value is -1.06. The fourth-order valence-electron chi connectivity index (χ4n) is 2.63. The first-order chi connectivity index (χ1) is 9.02. The van der Waals surface area contributed by atoms with Crippen LogP contribution in [0.2, 0.25) is 0 Å². The average molecular weight is 263 g/mol. The Morgan fingerprint density at radius 1 is 1.42 bits per heavy atom. The third-order valence-electron chi connectivity index (χ3n) is 3.49. The van der Waals surface area contributed by atoms with Crippen LogP contribution >= 0.6 is 0 Å². The van der Waals surface area contributed by atoms with E-state index in [1.165, 1.54) is 11.1 Å². The molecule has 1 aliphatic rings. The molecule has 0 bridgehead atoms. The average Bonchev–Trinajstić information content (AvgIpc) is 2.64. The van der Waals surface area contributed by atoms with Crippen molar-refractivity contribution in [2.24, 2.45) is 0 Å². The van der Waals surface area contributed by atoms with E-state index in [9.17, 15) is 5.11 Å². The molecule has 2 N–H and O–H groups in total. The molecule has 1 aromatic carbocycles. The SMILES string of the molecule is CCCC(O)CNCc1cccc2c1OC(C)(C)C2. The summed E-state index contributed by atoms with van der Waals surface area (Å²) in [5, 5.41) is 13.0. The van der Waals surface area contributed by atoms with Crippen molar-refractivity contribution < 1.29 is 9.84 Å². The maximum Gasteiger partial charge on any atom is 0.127 e. The summed E-state index contributed by atoms with van der Waals surface area (Å²) in [6, 6.07) is 6.32. The number of hydrogen-bond acceptors (Lipinski definition) is 3. The molecule has 0 radical (unpaired) electrons. The summed E-state index contributed by atoms with van der Waals surface area (Å²) in [4.78, 5) is 0. The third kappa shape index (κ3) is 3.71. The van der Waals surface area contributed by atoms with E-state index in [1.807, 2.05) is 0 Å². The molecular weight excluding hydrogens is 238 g/mol. The molecule has 0 saturated heterocycles. The molecule has 0 aromatic heterocycles. The van der Waals surface area contributed by atoms with E-state index < -0.39 is 0 Å². The number of rotatable bonds is 6. The Morgan fingerprint density at radius 3 is 2.95 bits per heavy atom. The molecular formula is C16H25NO2. The van der Waals surface area contributed by atoms with Gasteiger partial charge < -0.3 is 15.2 Å². The summed E-state index contributed by atoms with van der Waals surface area (Å²) in [5.74, 6) is 1.03. The van der Waals surface area contributed by atoms with Crippen LogP contribution in [0.4, 0.5) is 0 Å². The zero-order chi connectivity index (χ0) is 13.9. The minimum absolute atomic E-state index is 0.0971. The second-order valence-corrected chi connectivity index (χ2v) is 6.02. The van der Waals surface area contributed by atoms with Crippen LogP contribution in [0.15, 0.2) is 18.2 Å². The summed E-state index contributed by atoms with van der Waals surface area (Å²) >= 11 is 0. The lowest BCUT2D eigenvalue weighted by Gasteiger charge is -2.18. The van der Waals surface area contributed by atoms with Gasteiger partial charge in [-0.3, -0.25) is 0 Å². The van der Waals surface area contributed by atoms with Crippen LogP contribution in [0.5, 0.6) is 5.75 Å². The van der Waals surface area contributed by atoms with Gasteiger partial charge in [0.25, 0.3) is 0 Å². The fraction of sp³-hybridized carbons (Fsp3) is 0.625. The molecule has 0 aliphatic carbocycles. The van der Waals surface area contributed by atoms with Crippen molar-refractivity contribution in [1.29, 1.82) is 0 Å². The molecule has 1 heterocycles. The van der Waals surface area contributed by atoms with Gasteiger partial charge in [0.2, 0.25) is 0 Å². The first-order valence-electron chi connectivity index (χ1n) is 7.20. The number of para-hydroxylation sites is 1. The van der Waals surface area contributed by atoms with Crippen LogP contribution in [-0.2, 0) is 13.0 Å². The van der Waals surface area contributed by atoms with Crippen LogP contribution in [0, 0.1) is 0 Å². The number of fused-ring (bicyclic) bond motifs is 1. The van der Waals surface area contributed by atoms with Crippen molar-refractivity contribution >= 4 is 0 Å². The van der Waals surface area contributed by atoms with E-state index in [-0.39, 0.29) is 11.7 Å². The van der Waals surface area contributed by atoms with E-state index in [1.54, 1.807) is 0 Å². The van der Waals surface area contributed by atoms with Gasteiger partial charge in [-0.05, 0) is 25.8 Å². The van der Waals surface area contributed by atoms with Crippen molar-refractivity contribution in [3.8, 4) is 5.75 Å². The highest BCUT2D eigenvalue weighted by Gasteiger charge is 2.31. The van der Waals surface area contributed by atoms with Crippen LogP contribution in [0.25, 0.3) is 0 Å². The summed E-state index contributed by atoms with van der Waals surface area (Å²) in [7, 11) is 0. The van der Waals surface area contributed by atoms with E-state index in [0.717, 1.165) is 31.6 Å². The largest absolute Gasteiger partial charge is 0.487 e. The minimum atomic E-state index is -0.251. The molecule has 1 aromatic rings. The smallest absolute Gasteiger partial charge is 0.127 e. The topological polar surface area (TPSA) is 41.5 Å². The Balaban J connectivity index is 1.94. The lowest BCUT2D eigenvalue weighted by atomic mass is 10.0. The van der Waals surface area contributed by atoms with Gasteiger partial charge in [-0.15, -0.1) is 0 Å². The van der Waals surface area contributed by atoms with Crippen LogP contribution in [-0.4, -0.2) is 23.4 Å². The summed E-state index contributed by atoms with van der Waals surface area (Å²) < 4.78 is 6.03. The lowest BCUT2D eigenvalue weighted by molar-refractivity contribution is 0.136. The first kappa shape index (κ1) is 14.4. The van der Waals surface area contributed by atoms with E-state index >= 15 is 0 Å². The maximum absolute atomic E-state index is 9.71. The highest BCUT2D eigenvalue weighted by molar-refractivity contribution is 5.45. The Labute approximate surface area is 116 Å². The number of hydrogen-bond donors (Lipinski definition) is 2. The molecule has 1 atom stereocenters. The highest BCUT2D eigenvalue weighted by atomic mass is 16.5. The lowest BCUT2D eigenvalue weighted by Crippen LogP contribution is -2.27. The quantitative estimate of drug-likeness (QED) is 0.829. The third-order valence-corrected chi connectivity index (χ3v) is 3.49. The number of aliphatic hydroxyl groups is 1. The molecule has 3 nitrogen and oxygen atoms in total. The summed E-state index contributed by atoms with van der Waals surface area (Å²) in [5.41, 5.74) is 2.38. The van der Waals surface area contributed by atoms with Crippen molar-refractivity contribution in [2.45, 2.75) is 58.3 Å². The van der Waals surface area contributed by atoms with Crippen molar-refractivity contribution in [2.75, 3.05) is 6.54 Å². The van der Waals surface area contributed by atoms with Crippen molar-refractivity contribution in [1.82, 2.24) is 5.32 Å². The fourth-order valence-corrected chi connectivity index (χ4v) is 2.63. The van der Waals surface area contributed by atoms with Gasteiger partial charge in [0, 0.05) is 25.1 Å². The Bertz CT molecular complexity index is 429. The molecule has 1 aliphatic heterocycles. The van der Waals surface area contributed by atoms with Crippen LogP contribution in [0.3, 0.4) is 0 Å². The van der Waals surface area contributed by atoms with E-state index in [4.69, 9.17) is 4.74 Å². The van der Waals surface area contributed by atoms with Gasteiger partial charge in [-0.2, -0.15) is 0 Å². The molecule has 0 spiro atoms. The van der Waals surface area contributed by atoms with Gasteiger partial charge >= 0.3 is 0 Å². The monoisotopic (exact) mass is 263 g/mol. The Kier molecular flexibility index (Phi) is 4.48. The van der Waals surface area contributed by atoms with Crippen molar-refractivity contribution in [3.63, 3.8) is 0 Å². The molecule has 0 amide bonds. The normalized spacial score (nSPS) is 17.9. The van der Waals surface area contributed by atoms with Gasteiger partial charge in [0.1, 0.15) is 11.4 Å². The number of nitrogens with one attached hydrogen (secondary N) is 1. The first-order valence-corrected chi connectivity index (χ1v) is 7.20. The standard InChI is InChI=1S/C16H25NO2/c1-4-6-14(18)11-17-10-13-8-5-7-12-9-16(2,3)19-15(12)13/h5,7-8,14,17-18H,4,6,9-11H2,1-3H3. The molecule has 0 saturated carbocycles. The molecule has 19 heavy (non-hydrogen) atoms. The van der Waals surface area contributed by atoms with E-state index in [0.29, 0.717) is 6.54 Å². The van der Waals surface area contributed by atoms with Gasteiger partial charge in [0.05, 0.1) is 6.10 Å². The predicted molar refractivity (Wildman–Crippen MR) is 77.5 cm³/mol. The summed E-state index contributed by atoms with van der Waals surface area (Å²) in [6.45, 7) is 7.72. The molecule has 1 unspecified atom stereocenters. The zero-order valence-electron chi connectivity index (χ0n) is 12.2. The number of ether oxygens (including phenoxy) is 1. The summed E-state index contributed by atoms with van der Waals surface area (Å²) in [6.07, 6.45) is 2.58. The maximum atomic E-state index is 9.71. The second-order valence-electron chi connectivity index (χ2n) is 6.02. The molecule has 0 fully saturated rings. The molecule has 2 rings (SSSR count). The van der Waals surface area contributed by atoms with E-state index in [2.05, 4.69) is 44.3 Å². The zero-order valence-corrected chi connectivity index (χ0v) is 12.2. The number of benzene rings is 1. The predicted octanol–water partition coefficient (Wildman–Crippen LogP) is 2.65. The Morgan fingerprint density at radius 2 is 2.21 bits per heavy atom. The van der Waals surface area contributed by atoms with Gasteiger partial charge in [-0.25, -0.2) is 0 Å². The molecule has 106 valence electrons. The van der Waals surface area contributed by atoms with Gasteiger partial charge in [-0.1, -0.05) is 31.5 Å². The van der Waals surface area contributed by atoms with Crippen LogP contribution in [0.1, 0.15) is 44.7 Å². The van der Waals surface area contributed by atoms with Gasteiger partial charge in [0.15, 0.2) is 0 Å². The van der Waals surface area contributed by atoms with Crippen molar-refractivity contribution in [3.05, 3.63) is 29.3 Å². The highest BCUT2D eigenvalue weighted by Crippen LogP contribution is 2.37. The number of aliphatic hydroxyl groups excluding tert-OH is 1. The molecule has 3 heteroatoms. The van der Waals surface area contributed by atoms with Crippen LogP contribution < -0.4 is 10.1 Å². The minimum Gasteiger partial charge on any atom is -0.487 e.